The van der Waals surface area contributed by atoms with Gasteiger partial charge < -0.3 is 30.1 Å². The van der Waals surface area contributed by atoms with Crippen molar-refractivity contribution in [1.29, 1.82) is 0 Å². The molecule has 1 saturated heterocycles. The van der Waals surface area contributed by atoms with E-state index in [0.717, 1.165) is 9.80 Å². The number of hydrogen-bond acceptors (Lipinski definition) is 5. The number of aliphatic hydroxyl groups is 1. The van der Waals surface area contributed by atoms with Crippen LogP contribution in [0.5, 0.6) is 0 Å². The maximum Gasteiger partial charge on any atom is 0.322 e. The van der Waals surface area contributed by atoms with E-state index in [1.165, 1.54) is 42.0 Å². The average Bonchev–Trinajstić information content (AvgIpc) is 3.41. The summed E-state index contributed by atoms with van der Waals surface area (Å²) >= 11 is 6.25. The van der Waals surface area contributed by atoms with Crippen molar-refractivity contribution in [3.63, 3.8) is 0 Å². The van der Waals surface area contributed by atoms with Crippen molar-refractivity contribution < 1.29 is 37.5 Å². The van der Waals surface area contributed by atoms with Gasteiger partial charge in [0.15, 0.2) is 11.6 Å². The predicted molar refractivity (Wildman–Crippen MR) is 180 cm³/mol. The lowest BCUT2D eigenvalue weighted by Crippen LogP contribution is -2.47. The summed E-state index contributed by atoms with van der Waals surface area (Å²) in [5, 5.41) is 15.8. The Balaban J connectivity index is 1.33. The first-order valence-corrected chi connectivity index (χ1v) is 16.0. The second-order valence-electron chi connectivity index (χ2n) is 12.0. The molecule has 0 aliphatic carbocycles. The van der Waals surface area contributed by atoms with E-state index < -0.39 is 55.3 Å². The van der Waals surface area contributed by atoms with Gasteiger partial charge in [-0.05, 0) is 50.6 Å². The van der Waals surface area contributed by atoms with E-state index in [-0.39, 0.29) is 54.2 Å². The third kappa shape index (κ3) is 8.06. The minimum absolute atomic E-state index is 0.120. The summed E-state index contributed by atoms with van der Waals surface area (Å²) in [5.74, 6) is -5.28. The van der Waals surface area contributed by atoms with Crippen molar-refractivity contribution in [2.45, 2.75) is 45.2 Å². The maximum absolute atomic E-state index is 15.5. The fourth-order valence-corrected chi connectivity index (χ4v) is 6.05. The number of piperidine rings is 1. The smallest absolute Gasteiger partial charge is 0.322 e. The summed E-state index contributed by atoms with van der Waals surface area (Å²) in [6, 6.07) is 14.3. The first-order valence-electron chi connectivity index (χ1n) is 15.6. The number of aliphatic hydroxyl groups excluding tert-OH is 1. The monoisotopic (exact) mass is 697 g/mol. The predicted octanol–water partition coefficient (Wildman–Crippen LogP) is 6.41. The molecule has 0 radical (unpaired) electrons. The Labute approximate surface area is 285 Å². The van der Waals surface area contributed by atoms with Gasteiger partial charge >= 0.3 is 6.03 Å². The van der Waals surface area contributed by atoms with Crippen LogP contribution in [0.3, 0.4) is 0 Å². The van der Waals surface area contributed by atoms with Crippen LogP contribution in [0.1, 0.15) is 37.0 Å². The number of halogens is 4. The van der Waals surface area contributed by atoms with E-state index in [9.17, 15) is 33.1 Å². The van der Waals surface area contributed by atoms with Gasteiger partial charge in [0, 0.05) is 57.5 Å². The van der Waals surface area contributed by atoms with Gasteiger partial charge in [0.05, 0.1) is 24.9 Å². The normalized spacial score (nSPS) is 14.7. The van der Waals surface area contributed by atoms with Crippen molar-refractivity contribution in [1.82, 2.24) is 14.4 Å². The number of fused-ring (bicyclic) bond motifs is 1. The van der Waals surface area contributed by atoms with Crippen LogP contribution < -0.4 is 10.6 Å². The van der Waals surface area contributed by atoms with Crippen molar-refractivity contribution >= 4 is 57.5 Å². The lowest BCUT2D eigenvalue weighted by atomic mass is 10.0. The van der Waals surface area contributed by atoms with Gasteiger partial charge in [0.1, 0.15) is 13.1 Å². The lowest BCUT2D eigenvalue weighted by molar-refractivity contribution is -0.138. The second kappa shape index (κ2) is 14.7. The SMILES string of the molecule is CC(=O)c1cn(CC(=O)N(CC(=O)Nc2cccc(-c3ccccc3Cl)c2F)[C@H](C)CO)c2ccc(NC(=O)N3CCCC(F)(F)C3)cc12. The zero-order chi connectivity index (χ0) is 35.5. The summed E-state index contributed by atoms with van der Waals surface area (Å²) in [5.41, 5.74) is 1.48. The molecule has 258 valence electrons. The van der Waals surface area contributed by atoms with Crippen molar-refractivity contribution in [3.05, 3.63) is 83.3 Å². The van der Waals surface area contributed by atoms with E-state index in [4.69, 9.17) is 11.6 Å². The van der Waals surface area contributed by atoms with Crippen LogP contribution in [0.25, 0.3) is 22.0 Å². The molecule has 5 rings (SSSR count). The largest absolute Gasteiger partial charge is 0.394 e. The van der Waals surface area contributed by atoms with Crippen LogP contribution in [-0.2, 0) is 16.1 Å². The maximum atomic E-state index is 15.5. The van der Waals surface area contributed by atoms with Gasteiger partial charge in [0.2, 0.25) is 11.8 Å². The van der Waals surface area contributed by atoms with Crippen LogP contribution in [0.15, 0.2) is 66.9 Å². The molecule has 0 saturated carbocycles. The molecule has 2 heterocycles. The lowest BCUT2D eigenvalue weighted by Gasteiger charge is -2.32. The number of anilines is 2. The van der Waals surface area contributed by atoms with Gasteiger partial charge in [0.25, 0.3) is 5.92 Å². The van der Waals surface area contributed by atoms with E-state index in [0.29, 0.717) is 21.5 Å². The summed E-state index contributed by atoms with van der Waals surface area (Å²) in [6.45, 7) is 1.08. The Kier molecular flexibility index (Phi) is 10.6. The standard InChI is InChI=1S/C35H35ClF3N5O5/c1-21(19-45)44(17-31(47)41-29-10-5-8-25(33(29)37)24-7-3-4-9-28(24)36)32(48)18-43-16-27(22(2)46)26-15-23(11-12-30(26)43)40-34(49)42-14-6-13-35(38,39)20-42/h3-5,7-12,15-16,21,45H,6,13-14,17-20H2,1-2H3,(H,40,49)(H,41,47)/t21-/m1/s1. The summed E-state index contributed by atoms with van der Waals surface area (Å²) < 4.78 is 44.7. The molecule has 3 aromatic carbocycles. The fourth-order valence-electron chi connectivity index (χ4n) is 5.81. The molecule has 4 amide bonds. The number of nitrogens with zero attached hydrogens (tertiary/aromatic N) is 3. The van der Waals surface area contributed by atoms with Gasteiger partial charge in [-0.2, -0.15) is 0 Å². The number of nitrogens with one attached hydrogen (secondary N) is 2. The van der Waals surface area contributed by atoms with Crippen molar-refractivity contribution in [3.8, 4) is 11.1 Å². The number of urea groups is 1. The van der Waals surface area contributed by atoms with E-state index in [2.05, 4.69) is 10.6 Å². The fraction of sp³-hybridized carbons (Fsp3) is 0.314. The minimum atomic E-state index is -2.97. The van der Waals surface area contributed by atoms with Crippen LogP contribution in [0, 0.1) is 5.82 Å². The number of carbonyl (C=O) groups is 4. The summed E-state index contributed by atoms with van der Waals surface area (Å²) in [6.07, 6.45) is 1.36. The van der Waals surface area contributed by atoms with Crippen LogP contribution in [0.2, 0.25) is 5.02 Å². The highest BCUT2D eigenvalue weighted by Gasteiger charge is 2.37. The first-order chi connectivity index (χ1) is 23.3. The molecule has 4 aromatic rings. The molecule has 1 aliphatic heterocycles. The van der Waals surface area contributed by atoms with Crippen molar-refractivity contribution in [2.24, 2.45) is 0 Å². The van der Waals surface area contributed by atoms with E-state index in [1.807, 2.05) is 0 Å². The Hall–Kier alpha value is -4.88. The number of amides is 4. The molecule has 1 aromatic heterocycles. The van der Waals surface area contributed by atoms with Crippen molar-refractivity contribution in [2.75, 3.05) is 36.9 Å². The number of ketones is 1. The number of hydrogen-bond donors (Lipinski definition) is 3. The molecule has 10 nitrogen and oxygen atoms in total. The summed E-state index contributed by atoms with van der Waals surface area (Å²) in [4.78, 5) is 54.2. The number of likely N-dealkylation sites (tertiary alicyclic amines) is 1. The number of carbonyl (C=O) groups excluding carboxylic acids is 4. The number of Topliss-reactive ketones (excluding diaryl/α,β-unsaturated/α-hetero) is 1. The first kappa shape index (κ1) is 35.4. The molecule has 1 fully saturated rings. The van der Waals surface area contributed by atoms with Gasteiger partial charge in [-0.15, -0.1) is 0 Å². The van der Waals surface area contributed by atoms with Gasteiger partial charge in [-0.3, -0.25) is 14.4 Å². The molecular weight excluding hydrogens is 663 g/mol. The quantitative estimate of drug-likeness (QED) is 0.165. The Morgan fingerprint density at radius 3 is 2.47 bits per heavy atom. The molecule has 3 N–H and O–H groups in total. The van der Waals surface area contributed by atoms with Gasteiger partial charge in [-0.25, -0.2) is 18.0 Å². The molecule has 14 heteroatoms. The number of benzene rings is 3. The van der Waals surface area contributed by atoms with E-state index in [1.54, 1.807) is 43.3 Å². The van der Waals surface area contributed by atoms with Gasteiger partial charge in [-0.1, -0.05) is 41.9 Å². The Bertz CT molecular complexity index is 1920. The molecule has 0 bridgehead atoms. The van der Waals surface area contributed by atoms with Crippen LogP contribution in [-0.4, -0.2) is 81.3 Å². The molecule has 0 spiro atoms. The second-order valence-corrected chi connectivity index (χ2v) is 12.4. The highest BCUT2D eigenvalue weighted by Crippen LogP contribution is 2.33. The number of aromatic nitrogens is 1. The Morgan fingerprint density at radius 1 is 1.04 bits per heavy atom. The number of rotatable bonds is 10. The molecule has 0 unspecified atom stereocenters. The average molecular weight is 698 g/mol. The molecular formula is C35H35ClF3N5O5. The molecule has 1 aliphatic rings. The topological polar surface area (TPSA) is 124 Å². The highest BCUT2D eigenvalue weighted by molar-refractivity contribution is 6.33. The van der Waals surface area contributed by atoms with Crippen LogP contribution in [0.4, 0.5) is 29.3 Å². The zero-order valence-electron chi connectivity index (χ0n) is 26.8. The minimum Gasteiger partial charge on any atom is -0.394 e. The number of alkyl halides is 2. The van der Waals surface area contributed by atoms with Crippen LogP contribution >= 0.6 is 11.6 Å². The van der Waals surface area contributed by atoms with E-state index >= 15 is 4.39 Å². The third-order valence-corrected chi connectivity index (χ3v) is 8.69. The zero-order valence-corrected chi connectivity index (χ0v) is 27.6. The summed E-state index contributed by atoms with van der Waals surface area (Å²) in [7, 11) is 0. The molecule has 49 heavy (non-hydrogen) atoms. The third-order valence-electron chi connectivity index (χ3n) is 8.36. The molecule has 1 atom stereocenters. The Morgan fingerprint density at radius 2 is 1.78 bits per heavy atom. The highest BCUT2D eigenvalue weighted by atomic mass is 35.5.